The van der Waals surface area contributed by atoms with Gasteiger partial charge in [-0.25, -0.2) is 0 Å². The van der Waals surface area contributed by atoms with Gasteiger partial charge >= 0.3 is 0 Å². The minimum Gasteiger partial charge on any atom is -0.464 e. The van der Waals surface area contributed by atoms with Crippen LogP contribution in [0.3, 0.4) is 0 Å². The van der Waals surface area contributed by atoms with Crippen molar-refractivity contribution in [1.29, 1.82) is 0 Å². The van der Waals surface area contributed by atoms with Crippen LogP contribution < -0.4 is 0 Å². The number of fused-ring (bicyclic) bond motifs is 9. The molecule has 2 nitrogen and oxygen atoms in total. The van der Waals surface area contributed by atoms with Gasteiger partial charge in [0, 0.05) is 27.1 Å². The summed E-state index contributed by atoms with van der Waals surface area (Å²) >= 11 is 0. The fraction of sp³-hybridized carbons (Fsp3) is 0. The first kappa shape index (κ1) is 15.8. The molecule has 0 amide bonds. The highest BCUT2D eigenvalue weighted by Gasteiger charge is 2.13. The highest BCUT2D eigenvalue weighted by molar-refractivity contribution is 6.23. The van der Waals surface area contributed by atoms with Crippen molar-refractivity contribution >= 4 is 54.3 Å². The van der Waals surface area contributed by atoms with E-state index in [4.69, 9.17) is 8.83 Å². The fourth-order valence-corrected chi connectivity index (χ4v) is 4.71. The maximum absolute atomic E-state index is 6.34. The molecule has 2 heterocycles. The Morgan fingerprint density at radius 1 is 0.467 bits per heavy atom. The molecular formula is C28H16O2. The second-order valence-electron chi connectivity index (χ2n) is 7.78. The molecule has 0 saturated carbocycles. The fourth-order valence-electron chi connectivity index (χ4n) is 4.71. The third-order valence-electron chi connectivity index (χ3n) is 6.15. The van der Waals surface area contributed by atoms with E-state index in [1.165, 1.54) is 21.5 Å². The molecule has 0 unspecified atom stereocenters. The highest BCUT2D eigenvalue weighted by atomic mass is 16.3. The molecular weight excluding hydrogens is 368 g/mol. The van der Waals surface area contributed by atoms with Gasteiger partial charge in [-0.2, -0.15) is 0 Å². The Bertz CT molecular complexity index is 1730. The van der Waals surface area contributed by atoms with E-state index in [9.17, 15) is 0 Å². The van der Waals surface area contributed by atoms with Crippen LogP contribution >= 0.6 is 0 Å². The summed E-state index contributed by atoms with van der Waals surface area (Å²) < 4.78 is 12.1. The standard InChI is InChI=1S/C28H16O2/c1-2-4-17(5-3-1)26-16-19-7-9-23-21-10-12-24-22(8-6-18-14-15-29-27(18)24)20(21)11-13-25(23)28(19)30-26/h1-16H. The average Bonchev–Trinajstić information content (AvgIpc) is 3.46. The summed E-state index contributed by atoms with van der Waals surface area (Å²) in [5.41, 5.74) is 2.98. The Kier molecular flexibility index (Phi) is 3.03. The van der Waals surface area contributed by atoms with E-state index in [1.807, 2.05) is 24.3 Å². The Morgan fingerprint density at radius 3 is 1.83 bits per heavy atom. The summed E-state index contributed by atoms with van der Waals surface area (Å²) in [7, 11) is 0. The quantitative estimate of drug-likeness (QED) is 0.266. The zero-order valence-electron chi connectivity index (χ0n) is 16.1. The Labute approximate surface area is 171 Å². The summed E-state index contributed by atoms with van der Waals surface area (Å²) in [5, 5.41) is 9.41. The highest BCUT2D eigenvalue weighted by Crippen LogP contribution is 2.38. The van der Waals surface area contributed by atoms with Gasteiger partial charge in [-0.3, -0.25) is 0 Å². The molecule has 0 spiro atoms. The van der Waals surface area contributed by atoms with Crippen LogP contribution in [0.1, 0.15) is 0 Å². The van der Waals surface area contributed by atoms with E-state index < -0.39 is 0 Å². The predicted molar refractivity (Wildman–Crippen MR) is 124 cm³/mol. The van der Waals surface area contributed by atoms with Crippen LogP contribution in [0.15, 0.2) is 106 Å². The van der Waals surface area contributed by atoms with E-state index in [0.717, 1.165) is 44.0 Å². The molecule has 2 aromatic heterocycles. The van der Waals surface area contributed by atoms with Crippen molar-refractivity contribution in [2.24, 2.45) is 0 Å². The van der Waals surface area contributed by atoms with Gasteiger partial charge in [-0.15, -0.1) is 0 Å². The molecule has 0 aliphatic rings. The van der Waals surface area contributed by atoms with Crippen LogP contribution in [0.25, 0.3) is 65.6 Å². The maximum Gasteiger partial charge on any atom is 0.142 e. The lowest BCUT2D eigenvalue weighted by atomic mass is 9.95. The maximum atomic E-state index is 6.34. The van der Waals surface area contributed by atoms with Gasteiger partial charge in [0.25, 0.3) is 0 Å². The molecule has 0 atom stereocenters. The second-order valence-corrected chi connectivity index (χ2v) is 7.78. The van der Waals surface area contributed by atoms with Gasteiger partial charge in [0.1, 0.15) is 16.9 Å². The number of rotatable bonds is 1. The average molecular weight is 384 g/mol. The van der Waals surface area contributed by atoms with Gasteiger partial charge in [-0.05, 0) is 45.8 Å². The van der Waals surface area contributed by atoms with E-state index in [0.29, 0.717) is 0 Å². The zero-order valence-corrected chi connectivity index (χ0v) is 16.1. The lowest BCUT2D eigenvalue weighted by molar-refractivity contribution is 0.619. The van der Waals surface area contributed by atoms with Crippen LogP contribution in [-0.2, 0) is 0 Å². The lowest BCUT2D eigenvalue weighted by Crippen LogP contribution is -1.82. The molecule has 0 radical (unpaired) electrons. The van der Waals surface area contributed by atoms with Gasteiger partial charge in [0.05, 0.1) is 6.26 Å². The number of furan rings is 2. The summed E-state index contributed by atoms with van der Waals surface area (Å²) in [6, 6.07) is 31.9. The van der Waals surface area contributed by atoms with Crippen LogP contribution in [0.4, 0.5) is 0 Å². The molecule has 7 aromatic rings. The van der Waals surface area contributed by atoms with Gasteiger partial charge in [0.15, 0.2) is 0 Å². The van der Waals surface area contributed by atoms with Gasteiger partial charge in [-0.1, -0.05) is 66.7 Å². The molecule has 0 bridgehead atoms. The van der Waals surface area contributed by atoms with Crippen molar-refractivity contribution in [3.05, 3.63) is 97.3 Å². The largest absolute Gasteiger partial charge is 0.464 e. The smallest absolute Gasteiger partial charge is 0.142 e. The second kappa shape index (κ2) is 5.74. The van der Waals surface area contributed by atoms with Crippen molar-refractivity contribution in [2.75, 3.05) is 0 Å². The third kappa shape index (κ3) is 2.08. The molecule has 2 heteroatoms. The lowest BCUT2D eigenvalue weighted by Gasteiger charge is -2.08. The Morgan fingerprint density at radius 2 is 1.07 bits per heavy atom. The number of hydrogen-bond acceptors (Lipinski definition) is 2. The van der Waals surface area contributed by atoms with Crippen LogP contribution in [0, 0.1) is 0 Å². The molecule has 0 N–H and O–H groups in total. The molecule has 7 rings (SSSR count). The van der Waals surface area contributed by atoms with Gasteiger partial charge in [0.2, 0.25) is 0 Å². The topological polar surface area (TPSA) is 26.3 Å². The molecule has 140 valence electrons. The van der Waals surface area contributed by atoms with Crippen LogP contribution in [-0.4, -0.2) is 0 Å². The zero-order chi connectivity index (χ0) is 19.7. The Balaban J connectivity index is 1.55. The van der Waals surface area contributed by atoms with Crippen molar-refractivity contribution in [3.8, 4) is 11.3 Å². The number of benzene rings is 5. The molecule has 0 saturated heterocycles. The summed E-state index contributed by atoms with van der Waals surface area (Å²) in [6.45, 7) is 0. The van der Waals surface area contributed by atoms with Crippen molar-refractivity contribution in [1.82, 2.24) is 0 Å². The monoisotopic (exact) mass is 384 g/mol. The summed E-state index contributed by atoms with van der Waals surface area (Å²) in [6.07, 6.45) is 1.76. The van der Waals surface area contributed by atoms with Crippen LogP contribution in [0.2, 0.25) is 0 Å². The molecule has 30 heavy (non-hydrogen) atoms. The van der Waals surface area contributed by atoms with Gasteiger partial charge < -0.3 is 8.83 Å². The minimum absolute atomic E-state index is 0.900. The molecule has 0 aliphatic heterocycles. The van der Waals surface area contributed by atoms with E-state index >= 15 is 0 Å². The van der Waals surface area contributed by atoms with Crippen LogP contribution in [0.5, 0.6) is 0 Å². The van der Waals surface area contributed by atoms with E-state index in [1.54, 1.807) is 6.26 Å². The summed E-state index contributed by atoms with van der Waals surface area (Å²) in [4.78, 5) is 0. The van der Waals surface area contributed by atoms with E-state index in [2.05, 4.69) is 66.7 Å². The van der Waals surface area contributed by atoms with Crippen molar-refractivity contribution in [3.63, 3.8) is 0 Å². The normalized spacial score (nSPS) is 12.0. The minimum atomic E-state index is 0.900. The first-order valence-electron chi connectivity index (χ1n) is 10.1. The number of hydrogen-bond donors (Lipinski definition) is 0. The summed E-state index contributed by atoms with van der Waals surface area (Å²) in [5.74, 6) is 0.900. The first-order chi connectivity index (χ1) is 14.9. The first-order valence-corrected chi connectivity index (χ1v) is 10.1. The molecule has 0 aliphatic carbocycles. The SMILES string of the molecule is c1ccc(-c2cc3ccc4c5ccc6c(ccc7ccoc76)c5ccc4c3o2)cc1. The van der Waals surface area contributed by atoms with E-state index in [-0.39, 0.29) is 0 Å². The van der Waals surface area contributed by atoms with Crippen molar-refractivity contribution < 1.29 is 8.83 Å². The van der Waals surface area contributed by atoms with Crippen molar-refractivity contribution in [2.45, 2.75) is 0 Å². The predicted octanol–water partition coefficient (Wildman–Crippen LogP) is 8.31. The molecule has 5 aromatic carbocycles. The Hall–Kier alpha value is -4.04. The molecule has 0 fully saturated rings. The third-order valence-corrected chi connectivity index (χ3v) is 6.15.